The van der Waals surface area contributed by atoms with Gasteiger partial charge in [-0.3, -0.25) is 4.79 Å². The third-order valence-electron chi connectivity index (χ3n) is 6.73. The van der Waals surface area contributed by atoms with Gasteiger partial charge in [-0.15, -0.1) is 0 Å². The lowest BCUT2D eigenvalue weighted by atomic mass is 9.49. The Morgan fingerprint density at radius 3 is 2.80 bits per heavy atom. The van der Waals surface area contributed by atoms with Crippen LogP contribution in [0.3, 0.4) is 0 Å². The van der Waals surface area contributed by atoms with Crippen molar-refractivity contribution in [1.29, 1.82) is 0 Å². The molecule has 25 heavy (non-hydrogen) atoms. The number of hydrogen-bond donors (Lipinski definition) is 1. The third kappa shape index (κ3) is 1.78. The van der Waals surface area contributed by atoms with Gasteiger partial charge in [-0.05, 0) is 44.5 Å². The summed E-state index contributed by atoms with van der Waals surface area (Å²) in [5.41, 5.74) is 0.737. The first kappa shape index (κ1) is 16.9. The van der Waals surface area contributed by atoms with Crippen LogP contribution in [0.1, 0.15) is 44.2 Å². The number of ketones is 1. The Balaban J connectivity index is 0.000000758. The maximum absolute atomic E-state index is 12.7. The Kier molecular flexibility index (Phi) is 3.68. The smallest absolute Gasteiger partial charge is 0.174 e. The molecule has 0 amide bonds. The largest absolute Gasteiger partial charge is 0.493 e. The van der Waals surface area contributed by atoms with E-state index >= 15 is 0 Å². The van der Waals surface area contributed by atoms with Crippen LogP contribution in [-0.4, -0.2) is 54.2 Å². The van der Waals surface area contributed by atoms with Crippen molar-refractivity contribution in [1.82, 2.24) is 4.90 Å². The molecule has 2 bridgehead atoms. The number of nitrogens with zero attached hydrogens (tertiary/aromatic N) is 1. The molecule has 1 N–H and O–H groups in total. The summed E-state index contributed by atoms with van der Waals surface area (Å²) in [6, 6.07) is 4.05. The molecule has 1 saturated heterocycles. The topological polar surface area (TPSA) is 59.0 Å². The van der Waals surface area contributed by atoms with Crippen molar-refractivity contribution in [3.05, 3.63) is 23.3 Å². The number of carbonyl (C=O) groups excluding carboxylic acids is 1. The molecule has 5 heteroatoms. The van der Waals surface area contributed by atoms with E-state index in [0.717, 1.165) is 24.9 Å². The van der Waals surface area contributed by atoms with Gasteiger partial charge < -0.3 is 19.5 Å². The minimum absolute atomic E-state index is 0.0438. The van der Waals surface area contributed by atoms with Crippen LogP contribution in [0, 0.1) is 0 Å². The first-order chi connectivity index (χ1) is 12.0. The number of likely N-dealkylation sites (tertiary alicyclic amines) is 1. The van der Waals surface area contributed by atoms with Gasteiger partial charge in [0.15, 0.2) is 23.4 Å². The summed E-state index contributed by atoms with van der Waals surface area (Å²) in [6.45, 7) is 4.87. The Morgan fingerprint density at radius 2 is 2.08 bits per heavy atom. The van der Waals surface area contributed by atoms with Crippen LogP contribution < -0.4 is 9.47 Å². The summed E-state index contributed by atoms with van der Waals surface area (Å²) in [4.78, 5) is 14.9. The van der Waals surface area contributed by atoms with E-state index in [2.05, 4.69) is 18.0 Å². The minimum atomic E-state index is -0.900. The molecule has 0 radical (unpaired) electrons. The molecule has 0 aromatic heterocycles. The molecular formula is C20H27NO4. The second-order valence-electron chi connectivity index (χ2n) is 7.44. The summed E-state index contributed by atoms with van der Waals surface area (Å²) in [6.07, 6.45) is 1.89. The first-order valence-electron chi connectivity index (χ1n) is 9.35. The third-order valence-corrected chi connectivity index (χ3v) is 6.73. The van der Waals surface area contributed by atoms with Crippen molar-refractivity contribution in [2.75, 3.05) is 20.7 Å². The number of likely N-dealkylation sites (N-methyl/N-ethyl adjacent to an activating group) is 1. The molecule has 1 aromatic carbocycles. The molecular weight excluding hydrogens is 318 g/mol. The summed E-state index contributed by atoms with van der Waals surface area (Å²) >= 11 is 0. The van der Waals surface area contributed by atoms with E-state index in [1.807, 2.05) is 19.9 Å². The van der Waals surface area contributed by atoms with E-state index in [-0.39, 0.29) is 11.8 Å². The number of benzene rings is 1. The molecule has 1 spiro atoms. The Labute approximate surface area is 148 Å². The predicted molar refractivity (Wildman–Crippen MR) is 94.4 cm³/mol. The number of ether oxygens (including phenoxy) is 2. The number of carbonyl (C=O) groups is 1. The molecule has 2 fully saturated rings. The zero-order chi connectivity index (χ0) is 18.0. The predicted octanol–water partition coefficient (Wildman–Crippen LogP) is 2.07. The molecule has 4 atom stereocenters. The summed E-state index contributed by atoms with van der Waals surface area (Å²) < 4.78 is 11.6. The number of aliphatic hydroxyl groups is 1. The van der Waals surface area contributed by atoms with Crippen molar-refractivity contribution in [2.24, 2.45) is 0 Å². The second kappa shape index (κ2) is 5.45. The Morgan fingerprint density at radius 1 is 1.32 bits per heavy atom. The average Bonchev–Trinajstić information content (AvgIpc) is 2.98. The van der Waals surface area contributed by atoms with Crippen LogP contribution in [-0.2, 0) is 16.6 Å². The van der Waals surface area contributed by atoms with Crippen LogP contribution in [0.5, 0.6) is 11.5 Å². The molecule has 2 aliphatic carbocycles. The second-order valence-corrected chi connectivity index (χ2v) is 7.44. The van der Waals surface area contributed by atoms with Crippen LogP contribution in [0.4, 0.5) is 0 Å². The van der Waals surface area contributed by atoms with Crippen molar-refractivity contribution in [3.8, 4) is 11.5 Å². The van der Waals surface area contributed by atoms with E-state index < -0.39 is 17.1 Å². The number of rotatable bonds is 1. The van der Waals surface area contributed by atoms with E-state index in [0.29, 0.717) is 24.3 Å². The van der Waals surface area contributed by atoms with Gasteiger partial charge in [0.1, 0.15) is 0 Å². The zero-order valence-corrected chi connectivity index (χ0v) is 15.5. The average molecular weight is 345 g/mol. The highest BCUT2D eigenvalue weighted by molar-refractivity contribution is 5.90. The molecule has 5 rings (SSSR count). The fourth-order valence-electron chi connectivity index (χ4n) is 5.69. The monoisotopic (exact) mass is 345 g/mol. The zero-order valence-electron chi connectivity index (χ0n) is 15.5. The maximum atomic E-state index is 12.7. The van der Waals surface area contributed by atoms with Crippen LogP contribution in [0.15, 0.2) is 12.1 Å². The van der Waals surface area contributed by atoms with Gasteiger partial charge >= 0.3 is 0 Å². The van der Waals surface area contributed by atoms with Gasteiger partial charge in [-0.25, -0.2) is 0 Å². The SMILES string of the molecule is CC.COc1ccc2c3c1OC1C(=O)CCC4(O)C(C2)N(C)CCC314. The summed E-state index contributed by atoms with van der Waals surface area (Å²) in [5.74, 6) is 1.47. The molecule has 1 aromatic rings. The van der Waals surface area contributed by atoms with Gasteiger partial charge in [-0.1, -0.05) is 19.9 Å². The summed E-state index contributed by atoms with van der Waals surface area (Å²) in [7, 11) is 3.70. The van der Waals surface area contributed by atoms with Crippen LogP contribution in [0.25, 0.3) is 0 Å². The molecule has 4 aliphatic rings. The number of methoxy groups -OCH3 is 1. The van der Waals surface area contributed by atoms with Gasteiger partial charge in [0, 0.05) is 18.0 Å². The van der Waals surface area contributed by atoms with Crippen LogP contribution in [0.2, 0.25) is 0 Å². The maximum Gasteiger partial charge on any atom is 0.174 e. The van der Waals surface area contributed by atoms with Crippen molar-refractivity contribution < 1.29 is 19.4 Å². The lowest BCUT2D eigenvalue weighted by molar-refractivity contribution is -0.185. The molecule has 4 unspecified atom stereocenters. The lowest BCUT2D eigenvalue weighted by Crippen LogP contribution is -2.76. The quantitative estimate of drug-likeness (QED) is 0.844. The van der Waals surface area contributed by atoms with Gasteiger partial charge in [0.05, 0.1) is 18.1 Å². The Bertz CT molecular complexity index is 733. The van der Waals surface area contributed by atoms with E-state index in [4.69, 9.17) is 9.47 Å². The van der Waals surface area contributed by atoms with E-state index in [9.17, 15) is 9.90 Å². The normalized spacial score (nSPS) is 37.6. The lowest BCUT2D eigenvalue weighted by Gasteiger charge is -2.62. The first-order valence-corrected chi connectivity index (χ1v) is 9.35. The standard InChI is InChI=1S/C18H21NO4.C2H6/c1-19-8-7-17-14-10-3-4-12(22-2)15(14)23-16(17)11(20)5-6-18(17,21)13(19)9-10;1-2/h3-4,13,16,21H,5-9H2,1-2H3;1-2H3. The van der Waals surface area contributed by atoms with Gasteiger partial charge in [0.25, 0.3) is 0 Å². The highest BCUT2D eigenvalue weighted by atomic mass is 16.5. The molecule has 1 saturated carbocycles. The van der Waals surface area contributed by atoms with Crippen molar-refractivity contribution >= 4 is 5.78 Å². The molecule has 5 nitrogen and oxygen atoms in total. The van der Waals surface area contributed by atoms with Crippen molar-refractivity contribution in [2.45, 2.75) is 62.7 Å². The number of hydrogen-bond acceptors (Lipinski definition) is 5. The molecule has 2 heterocycles. The Hall–Kier alpha value is -1.59. The molecule has 2 aliphatic heterocycles. The highest BCUT2D eigenvalue weighted by Gasteiger charge is 2.72. The number of Topliss-reactive ketones (excluding diaryl/α,β-unsaturated/α-hetero) is 1. The van der Waals surface area contributed by atoms with E-state index in [1.54, 1.807) is 7.11 Å². The highest BCUT2D eigenvalue weighted by Crippen LogP contribution is 2.64. The fraction of sp³-hybridized carbons (Fsp3) is 0.650. The van der Waals surface area contributed by atoms with Gasteiger partial charge in [0.2, 0.25) is 0 Å². The van der Waals surface area contributed by atoms with E-state index in [1.165, 1.54) is 5.56 Å². The van der Waals surface area contributed by atoms with Crippen molar-refractivity contribution in [3.63, 3.8) is 0 Å². The minimum Gasteiger partial charge on any atom is -0.493 e. The fourth-order valence-corrected chi connectivity index (χ4v) is 5.69. The summed E-state index contributed by atoms with van der Waals surface area (Å²) in [5, 5.41) is 11.7. The van der Waals surface area contributed by atoms with Crippen LogP contribution >= 0.6 is 0 Å². The number of piperidine rings is 1. The van der Waals surface area contributed by atoms with Gasteiger partial charge in [-0.2, -0.15) is 0 Å². The molecule has 136 valence electrons.